The molecule has 1 rings (SSSR count). The van der Waals surface area contributed by atoms with E-state index < -0.39 is 0 Å². The van der Waals surface area contributed by atoms with E-state index in [1.165, 1.54) is 6.38 Å². The minimum Gasteiger partial charge on any atom is -0.152 e. The van der Waals surface area contributed by atoms with Gasteiger partial charge in [-0.25, -0.2) is 0 Å². The Kier molecular flexibility index (Phi) is 9.01. The van der Waals surface area contributed by atoms with Crippen molar-refractivity contribution >= 4 is 22.9 Å². The van der Waals surface area contributed by atoms with Gasteiger partial charge in [-0.05, 0) is 10.8 Å². The lowest BCUT2D eigenvalue weighted by Gasteiger charge is -1.59. The third kappa shape index (κ3) is 7.37. The lowest BCUT2D eigenvalue weighted by atomic mass is 10.5. The summed E-state index contributed by atoms with van der Waals surface area (Å²) in [6.07, 6.45) is 1.47. The first-order valence-corrected chi connectivity index (χ1v) is 4.88. The molecule has 0 radical (unpaired) electrons. The van der Waals surface area contributed by atoms with Crippen LogP contribution in [0, 0.1) is 0 Å². The molecule has 0 aliphatic heterocycles. The van der Waals surface area contributed by atoms with E-state index in [1.54, 1.807) is 11.3 Å². The smallest absolute Gasteiger partial charge is 0.0108 e. The number of halogens is 1. The largest absolute Gasteiger partial charge is 0.152 e. The summed E-state index contributed by atoms with van der Waals surface area (Å²) >= 11 is 6.32. The van der Waals surface area contributed by atoms with Gasteiger partial charge in [0.2, 0.25) is 0 Å². The maximum Gasteiger partial charge on any atom is 0.0108 e. The highest BCUT2D eigenvalue weighted by Gasteiger charge is 1.58. The van der Waals surface area contributed by atoms with E-state index in [0.717, 1.165) is 0 Å². The van der Waals surface area contributed by atoms with Gasteiger partial charge in [0.15, 0.2) is 0 Å². The van der Waals surface area contributed by atoms with E-state index in [9.17, 15) is 0 Å². The van der Waals surface area contributed by atoms with Crippen LogP contribution in [0.3, 0.4) is 0 Å². The SMILES string of the molecule is CCl.c1ccccsccc1. The molecule has 11 heavy (non-hydrogen) atoms. The molecule has 60 valence electrons. The fourth-order valence-electron chi connectivity index (χ4n) is 0.483. The molecule has 2 heteroatoms. The van der Waals surface area contributed by atoms with E-state index in [1.807, 2.05) is 47.2 Å². The molecule has 1 aromatic heterocycles. The van der Waals surface area contributed by atoms with Crippen LogP contribution >= 0.6 is 22.9 Å². The van der Waals surface area contributed by atoms with Gasteiger partial charge in [0.1, 0.15) is 0 Å². The molecule has 0 fully saturated rings. The third-order valence-corrected chi connectivity index (χ3v) is 1.50. The summed E-state index contributed by atoms with van der Waals surface area (Å²) in [7, 11) is 0. The molecule has 0 spiro atoms. The Labute approximate surface area is 76.8 Å². The first-order valence-electron chi connectivity index (χ1n) is 3.18. The second kappa shape index (κ2) is 9.47. The average molecular weight is 187 g/mol. The molecular formula is C9H11ClS. The molecule has 0 N–H and O–H groups in total. The first-order chi connectivity index (χ1) is 5.50. The van der Waals surface area contributed by atoms with Gasteiger partial charge in [-0.1, -0.05) is 36.4 Å². The van der Waals surface area contributed by atoms with Crippen molar-refractivity contribution in [2.45, 2.75) is 0 Å². The predicted molar refractivity (Wildman–Crippen MR) is 53.7 cm³/mol. The summed E-state index contributed by atoms with van der Waals surface area (Å²) in [6.45, 7) is 0. The Morgan fingerprint density at radius 1 is 0.727 bits per heavy atom. The molecule has 1 heterocycles. The van der Waals surface area contributed by atoms with Gasteiger partial charge in [0.25, 0.3) is 0 Å². The number of hydrogen-bond acceptors (Lipinski definition) is 1. The van der Waals surface area contributed by atoms with Crippen molar-refractivity contribution in [2.24, 2.45) is 0 Å². The normalized spacial score (nSPS) is 7.09. The Morgan fingerprint density at radius 2 is 1.09 bits per heavy atom. The lowest BCUT2D eigenvalue weighted by Crippen LogP contribution is -1.38. The molecule has 0 aliphatic carbocycles. The minimum atomic E-state index is 1.47. The van der Waals surface area contributed by atoms with Gasteiger partial charge >= 0.3 is 0 Å². The van der Waals surface area contributed by atoms with Gasteiger partial charge in [0, 0.05) is 6.38 Å². The zero-order valence-corrected chi connectivity index (χ0v) is 7.98. The zero-order valence-electron chi connectivity index (χ0n) is 6.41. The summed E-state index contributed by atoms with van der Waals surface area (Å²) < 4.78 is 0. The maximum atomic E-state index is 4.64. The summed E-state index contributed by atoms with van der Waals surface area (Å²) in [5.74, 6) is 0. The van der Waals surface area contributed by atoms with Crippen LogP contribution in [0.25, 0.3) is 0 Å². The van der Waals surface area contributed by atoms with Crippen LogP contribution in [0.1, 0.15) is 0 Å². The van der Waals surface area contributed by atoms with Gasteiger partial charge in [-0.2, -0.15) is 11.3 Å². The van der Waals surface area contributed by atoms with Crippen LogP contribution in [-0.2, 0) is 0 Å². The van der Waals surface area contributed by atoms with Crippen LogP contribution in [-0.4, -0.2) is 6.38 Å². The van der Waals surface area contributed by atoms with E-state index in [-0.39, 0.29) is 0 Å². The van der Waals surface area contributed by atoms with Crippen molar-refractivity contribution in [2.75, 3.05) is 6.38 Å². The highest BCUT2D eigenvalue weighted by atomic mass is 35.5. The molecule has 0 nitrogen and oxygen atoms in total. The molecule has 0 unspecified atom stereocenters. The predicted octanol–water partition coefficient (Wildman–Crippen LogP) is 3.73. The fourth-order valence-corrected chi connectivity index (χ4v) is 0.937. The van der Waals surface area contributed by atoms with Crippen molar-refractivity contribution in [3.8, 4) is 0 Å². The second-order valence-electron chi connectivity index (χ2n) is 1.56. The van der Waals surface area contributed by atoms with Crippen molar-refractivity contribution < 1.29 is 0 Å². The number of alkyl halides is 1. The number of hydrogen-bond donors (Lipinski definition) is 0. The Morgan fingerprint density at radius 3 is 1.55 bits per heavy atom. The van der Waals surface area contributed by atoms with Crippen molar-refractivity contribution in [3.05, 3.63) is 47.2 Å². The molecule has 0 aliphatic rings. The van der Waals surface area contributed by atoms with Gasteiger partial charge in [-0.3, -0.25) is 0 Å². The lowest BCUT2D eigenvalue weighted by molar-refractivity contribution is 1.82. The molecule has 0 saturated heterocycles. The van der Waals surface area contributed by atoms with Crippen LogP contribution < -0.4 is 0 Å². The summed E-state index contributed by atoms with van der Waals surface area (Å²) in [4.78, 5) is 0. The summed E-state index contributed by atoms with van der Waals surface area (Å²) in [6, 6.07) is 12.1. The third-order valence-electron chi connectivity index (χ3n) is 0.870. The molecule has 1 aromatic rings. The zero-order chi connectivity index (χ0) is 8.36. The van der Waals surface area contributed by atoms with Crippen LogP contribution in [0.2, 0.25) is 0 Å². The van der Waals surface area contributed by atoms with Gasteiger partial charge in [-0.15, -0.1) is 11.6 Å². The maximum absolute atomic E-state index is 4.64. The molecule has 0 amide bonds. The van der Waals surface area contributed by atoms with E-state index in [0.29, 0.717) is 0 Å². The van der Waals surface area contributed by atoms with Crippen LogP contribution in [0.15, 0.2) is 47.2 Å². The number of rotatable bonds is 0. The quantitative estimate of drug-likeness (QED) is 0.542. The topological polar surface area (TPSA) is 0 Å². The van der Waals surface area contributed by atoms with Gasteiger partial charge < -0.3 is 0 Å². The average Bonchev–Trinajstić information content (AvgIpc) is 2.22. The standard InChI is InChI=1S/C8H8S.CH3Cl/c1-2-4-6-8-9-7-5-3-1;1-2/h1-8H;1H3. The highest BCUT2D eigenvalue weighted by molar-refractivity contribution is 7.07. The van der Waals surface area contributed by atoms with E-state index in [4.69, 9.17) is 0 Å². The van der Waals surface area contributed by atoms with E-state index >= 15 is 0 Å². The molecular weight excluding hydrogens is 176 g/mol. The Balaban J connectivity index is 0.000000461. The van der Waals surface area contributed by atoms with Crippen LogP contribution in [0.5, 0.6) is 0 Å². The highest BCUT2D eigenvalue weighted by Crippen LogP contribution is 1.88. The monoisotopic (exact) mass is 186 g/mol. The molecule has 0 saturated carbocycles. The Bertz CT molecular complexity index is 131. The summed E-state index contributed by atoms with van der Waals surface area (Å²) in [5, 5.41) is 4.08. The Hall–Kier alpha value is -0.530. The van der Waals surface area contributed by atoms with Crippen molar-refractivity contribution in [1.82, 2.24) is 0 Å². The van der Waals surface area contributed by atoms with Crippen LogP contribution in [0.4, 0.5) is 0 Å². The fraction of sp³-hybridized carbons (Fsp3) is 0.111. The first kappa shape index (κ1) is 10.5. The van der Waals surface area contributed by atoms with Gasteiger partial charge in [0.05, 0.1) is 0 Å². The molecule has 0 aromatic carbocycles. The van der Waals surface area contributed by atoms with Crippen molar-refractivity contribution in [3.63, 3.8) is 0 Å². The summed E-state index contributed by atoms with van der Waals surface area (Å²) in [5.41, 5.74) is 0. The molecule has 0 bridgehead atoms. The molecule has 0 atom stereocenters. The van der Waals surface area contributed by atoms with E-state index in [2.05, 4.69) is 11.6 Å². The second-order valence-corrected chi connectivity index (χ2v) is 2.38. The van der Waals surface area contributed by atoms with Crippen molar-refractivity contribution in [1.29, 1.82) is 0 Å². The minimum absolute atomic E-state index is 1.47.